The minimum atomic E-state index is -0.0806. The van der Waals surface area contributed by atoms with Gasteiger partial charge in [0.15, 0.2) is 0 Å². The van der Waals surface area contributed by atoms with E-state index in [0.29, 0.717) is 6.04 Å². The van der Waals surface area contributed by atoms with Gasteiger partial charge in [0.05, 0.1) is 16.4 Å². The molecule has 0 fully saturated rings. The van der Waals surface area contributed by atoms with E-state index >= 15 is 0 Å². The number of imidazole rings is 1. The van der Waals surface area contributed by atoms with E-state index in [1.165, 1.54) is 0 Å². The van der Waals surface area contributed by atoms with Gasteiger partial charge in [-0.25, -0.2) is 4.98 Å². The van der Waals surface area contributed by atoms with Crippen molar-refractivity contribution in [3.63, 3.8) is 0 Å². The first-order valence-corrected chi connectivity index (χ1v) is 8.97. The number of halogens is 2. The fourth-order valence-electron chi connectivity index (χ4n) is 2.25. The minimum absolute atomic E-state index is 0.0806. The van der Waals surface area contributed by atoms with Crippen LogP contribution in [0.2, 0.25) is 0 Å². The Hall–Kier alpha value is -0.190. The van der Waals surface area contributed by atoms with Crippen molar-refractivity contribution in [1.82, 2.24) is 9.55 Å². The van der Waals surface area contributed by atoms with Crippen molar-refractivity contribution in [2.75, 3.05) is 12.0 Å². The van der Waals surface area contributed by atoms with Gasteiger partial charge >= 0.3 is 0 Å². The lowest BCUT2D eigenvalue weighted by atomic mass is 10.2. The fraction of sp³-hybridized carbons (Fsp3) is 0.500. The summed E-state index contributed by atoms with van der Waals surface area (Å²) in [6.07, 6.45) is 3.26. The second-order valence-corrected chi connectivity index (χ2v) is 7.28. The van der Waals surface area contributed by atoms with Crippen LogP contribution in [-0.2, 0) is 0 Å². The summed E-state index contributed by atoms with van der Waals surface area (Å²) in [5.41, 5.74) is 2.17. The molecule has 104 valence electrons. The Morgan fingerprint density at radius 2 is 2.16 bits per heavy atom. The minimum Gasteiger partial charge on any atom is -0.324 e. The van der Waals surface area contributed by atoms with Crippen molar-refractivity contribution >= 4 is 50.3 Å². The van der Waals surface area contributed by atoms with Gasteiger partial charge in [0.1, 0.15) is 5.82 Å². The van der Waals surface area contributed by atoms with Crippen LogP contribution >= 0.6 is 39.3 Å². The van der Waals surface area contributed by atoms with Crippen LogP contribution in [0.3, 0.4) is 0 Å². The van der Waals surface area contributed by atoms with Crippen molar-refractivity contribution in [3.8, 4) is 0 Å². The number of nitrogens with zero attached hydrogens (tertiary/aromatic N) is 2. The summed E-state index contributed by atoms with van der Waals surface area (Å²) < 4.78 is 3.36. The predicted molar refractivity (Wildman–Crippen MR) is 89.4 cm³/mol. The number of hydrogen-bond acceptors (Lipinski definition) is 2. The third-order valence-corrected chi connectivity index (χ3v) is 4.55. The van der Waals surface area contributed by atoms with Crippen LogP contribution in [0.15, 0.2) is 22.7 Å². The Kier molecular flexibility index (Phi) is 5.21. The van der Waals surface area contributed by atoms with Crippen LogP contribution in [0.5, 0.6) is 0 Å². The molecule has 0 saturated carbocycles. The lowest BCUT2D eigenvalue weighted by Crippen LogP contribution is -2.10. The first-order valence-electron chi connectivity index (χ1n) is 6.35. The molecule has 0 aliphatic carbocycles. The first kappa shape index (κ1) is 15.2. The topological polar surface area (TPSA) is 17.8 Å². The molecule has 19 heavy (non-hydrogen) atoms. The second-order valence-electron chi connectivity index (χ2n) is 4.72. The van der Waals surface area contributed by atoms with Gasteiger partial charge in [0, 0.05) is 10.5 Å². The van der Waals surface area contributed by atoms with E-state index in [1.807, 2.05) is 30.8 Å². The molecule has 1 heterocycles. The van der Waals surface area contributed by atoms with Crippen LogP contribution < -0.4 is 0 Å². The Morgan fingerprint density at radius 1 is 1.42 bits per heavy atom. The maximum atomic E-state index is 6.30. The highest BCUT2D eigenvalue weighted by Gasteiger charge is 2.18. The van der Waals surface area contributed by atoms with E-state index in [0.717, 1.165) is 33.5 Å². The third kappa shape index (κ3) is 3.29. The van der Waals surface area contributed by atoms with Gasteiger partial charge in [0.25, 0.3) is 0 Å². The molecular weight excluding hydrogens is 344 g/mol. The lowest BCUT2D eigenvalue weighted by molar-refractivity contribution is 0.526. The zero-order valence-corrected chi connectivity index (χ0v) is 14.5. The largest absolute Gasteiger partial charge is 0.324 e. The van der Waals surface area contributed by atoms with Crippen molar-refractivity contribution < 1.29 is 0 Å². The fourth-order valence-corrected chi connectivity index (χ4v) is 3.33. The molecule has 2 aromatic rings. The van der Waals surface area contributed by atoms with Crippen molar-refractivity contribution in [2.24, 2.45) is 0 Å². The van der Waals surface area contributed by atoms with Gasteiger partial charge in [-0.2, -0.15) is 11.8 Å². The molecule has 2 atom stereocenters. The van der Waals surface area contributed by atoms with E-state index in [4.69, 9.17) is 11.6 Å². The zero-order valence-electron chi connectivity index (χ0n) is 11.4. The smallest absolute Gasteiger partial charge is 0.127 e. The van der Waals surface area contributed by atoms with Crippen molar-refractivity contribution in [1.29, 1.82) is 0 Å². The van der Waals surface area contributed by atoms with Gasteiger partial charge < -0.3 is 4.57 Å². The molecule has 0 N–H and O–H groups in total. The lowest BCUT2D eigenvalue weighted by Gasteiger charge is -2.18. The number of alkyl halides is 1. The zero-order chi connectivity index (χ0) is 14.0. The molecule has 2 rings (SSSR count). The number of rotatable bonds is 5. The molecule has 1 aromatic carbocycles. The number of aromatic nitrogens is 2. The summed E-state index contributed by atoms with van der Waals surface area (Å²) in [7, 11) is 0. The van der Waals surface area contributed by atoms with Crippen molar-refractivity contribution in [3.05, 3.63) is 28.5 Å². The van der Waals surface area contributed by atoms with Gasteiger partial charge in [-0.15, -0.1) is 11.6 Å². The van der Waals surface area contributed by atoms with Crippen LogP contribution in [-0.4, -0.2) is 21.6 Å². The standard InChI is InChI=1S/C14H18BrClN2S/c1-9(6-7-19-3)18-13-8-11(15)4-5-12(13)17-14(18)10(2)16/h4-5,8-10H,6-7H2,1-3H3. The van der Waals surface area contributed by atoms with E-state index in [1.54, 1.807) is 0 Å². The van der Waals surface area contributed by atoms with Gasteiger partial charge in [-0.1, -0.05) is 15.9 Å². The predicted octanol–water partition coefficient (Wildman–Crippen LogP) is 5.41. The number of benzene rings is 1. The van der Waals surface area contributed by atoms with Crippen LogP contribution in [0.1, 0.15) is 37.5 Å². The molecule has 0 bridgehead atoms. The SMILES string of the molecule is CSCCC(C)n1c(C(C)Cl)nc2ccc(Br)cc21. The van der Waals surface area contributed by atoms with E-state index in [2.05, 4.69) is 44.7 Å². The molecule has 1 aromatic heterocycles. The van der Waals surface area contributed by atoms with Crippen LogP contribution in [0, 0.1) is 0 Å². The Labute approximate surface area is 132 Å². The highest BCUT2D eigenvalue weighted by molar-refractivity contribution is 9.10. The summed E-state index contributed by atoms with van der Waals surface area (Å²) >= 11 is 11.7. The maximum absolute atomic E-state index is 6.30. The molecule has 2 unspecified atom stereocenters. The van der Waals surface area contributed by atoms with Crippen LogP contribution in [0.25, 0.3) is 11.0 Å². The van der Waals surface area contributed by atoms with Crippen molar-refractivity contribution in [2.45, 2.75) is 31.7 Å². The number of hydrogen-bond donors (Lipinski definition) is 0. The second kappa shape index (κ2) is 6.51. The summed E-state index contributed by atoms with van der Waals surface area (Å²) in [4.78, 5) is 4.69. The Balaban J connectivity index is 2.53. The van der Waals surface area contributed by atoms with Gasteiger partial charge in [-0.3, -0.25) is 0 Å². The number of fused-ring (bicyclic) bond motifs is 1. The Bertz CT molecular complexity index is 568. The molecule has 0 amide bonds. The normalized spacial score (nSPS) is 14.8. The van der Waals surface area contributed by atoms with E-state index < -0.39 is 0 Å². The average molecular weight is 362 g/mol. The summed E-state index contributed by atoms with van der Waals surface area (Å²) in [5.74, 6) is 2.11. The third-order valence-electron chi connectivity index (χ3n) is 3.22. The number of thioether (sulfide) groups is 1. The maximum Gasteiger partial charge on any atom is 0.127 e. The molecule has 0 radical (unpaired) electrons. The molecule has 0 aliphatic heterocycles. The average Bonchev–Trinajstić information content (AvgIpc) is 2.74. The first-order chi connectivity index (χ1) is 9.04. The van der Waals surface area contributed by atoms with Crippen LogP contribution in [0.4, 0.5) is 0 Å². The summed E-state index contributed by atoms with van der Waals surface area (Å²) in [5, 5.41) is -0.0806. The van der Waals surface area contributed by atoms with Gasteiger partial charge in [-0.05, 0) is 50.5 Å². The van der Waals surface area contributed by atoms with E-state index in [9.17, 15) is 0 Å². The summed E-state index contributed by atoms with van der Waals surface area (Å²) in [6, 6.07) is 6.60. The molecule has 2 nitrogen and oxygen atoms in total. The molecule has 0 aliphatic rings. The monoisotopic (exact) mass is 360 g/mol. The Morgan fingerprint density at radius 3 is 2.79 bits per heavy atom. The highest BCUT2D eigenvalue weighted by Crippen LogP contribution is 2.31. The quantitative estimate of drug-likeness (QED) is 0.662. The summed E-state index contributed by atoms with van der Waals surface area (Å²) in [6.45, 7) is 4.22. The van der Waals surface area contributed by atoms with Gasteiger partial charge in [0.2, 0.25) is 0 Å². The molecule has 0 saturated heterocycles. The molecule has 0 spiro atoms. The molecular formula is C14H18BrClN2S. The molecule has 5 heteroatoms. The van der Waals surface area contributed by atoms with E-state index in [-0.39, 0.29) is 5.38 Å². The highest BCUT2D eigenvalue weighted by atomic mass is 79.9.